The molecule has 1 aliphatic heterocycles. The molecular formula is C12H18BBrN2. The van der Waals surface area contributed by atoms with Gasteiger partial charge in [0.2, 0.25) is 0 Å². The van der Waals surface area contributed by atoms with Gasteiger partial charge >= 0.3 is 5.81 Å². The van der Waals surface area contributed by atoms with Gasteiger partial charge in [0.1, 0.15) is 0 Å². The maximum absolute atomic E-state index is 3.80. The van der Waals surface area contributed by atoms with Gasteiger partial charge in [0.25, 0.3) is 0 Å². The number of halogens is 1. The third-order valence-corrected chi connectivity index (χ3v) is 3.89. The van der Waals surface area contributed by atoms with Gasteiger partial charge in [-0.15, -0.1) is 0 Å². The van der Waals surface area contributed by atoms with E-state index in [1.165, 1.54) is 11.4 Å². The van der Waals surface area contributed by atoms with Gasteiger partial charge in [-0.25, -0.2) is 0 Å². The SMILES string of the molecule is CC(C)N1B(Br)N(C(C)C)c2ccccc21. The van der Waals surface area contributed by atoms with Crippen LogP contribution in [0.2, 0.25) is 0 Å². The lowest BCUT2D eigenvalue weighted by Gasteiger charge is -2.30. The molecule has 0 radical (unpaired) electrons. The summed E-state index contributed by atoms with van der Waals surface area (Å²) < 4.78 is 0. The van der Waals surface area contributed by atoms with Crippen LogP contribution < -0.4 is 9.62 Å². The topological polar surface area (TPSA) is 6.48 Å². The van der Waals surface area contributed by atoms with Crippen molar-refractivity contribution in [1.29, 1.82) is 0 Å². The van der Waals surface area contributed by atoms with E-state index in [2.05, 4.69) is 77.3 Å². The normalized spacial score (nSPS) is 15.3. The van der Waals surface area contributed by atoms with E-state index in [-0.39, 0.29) is 5.81 Å². The maximum atomic E-state index is 3.80. The highest BCUT2D eigenvalue weighted by Gasteiger charge is 2.40. The van der Waals surface area contributed by atoms with Crippen molar-refractivity contribution in [3.63, 3.8) is 0 Å². The third kappa shape index (κ3) is 1.73. The van der Waals surface area contributed by atoms with Crippen molar-refractivity contribution in [2.45, 2.75) is 39.8 Å². The van der Waals surface area contributed by atoms with Gasteiger partial charge in [-0.2, -0.15) is 0 Å². The Morgan fingerprint density at radius 2 is 1.31 bits per heavy atom. The lowest BCUT2D eigenvalue weighted by atomic mass is 10.0. The molecule has 0 fully saturated rings. The molecule has 0 atom stereocenters. The van der Waals surface area contributed by atoms with E-state index in [4.69, 9.17) is 0 Å². The average Bonchev–Trinajstić information content (AvgIpc) is 2.49. The van der Waals surface area contributed by atoms with Crippen LogP contribution >= 0.6 is 15.8 Å². The van der Waals surface area contributed by atoms with Crippen molar-refractivity contribution in [2.24, 2.45) is 0 Å². The molecule has 0 saturated carbocycles. The van der Waals surface area contributed by atoms with Crippen LogP contribution in [0.3, 0.4) is 0 Å². The van der Waals surface area contributed by atoms with Gasteiger partial charge < -0.3 is 9.62 Å². The molecule has 1 aliphatic rings. The van der Waals surface area contributed by atoms with E-state index < -0.39 is 0 Å². The Hall–Kier alpha value is -0.635. The van der Waals surface area contributed by atoms with Gasteiger partial charge in [0.15, 0.2) is 0 Å². The van der Waals surface area contributed by atoms with Gasteiger partial charge in [-0.3, -0.25) is 0 Å². The number of hydrogen-bond acceptors (Lipinski definition) is 2. The Balaban J connectivity index is 2.48. The standard InChI is InChI=1S/C12H18BBrN2/c1-9(2)15-11-7-5-6-8-12(11)16(10(3)4)13(15)14/h5-10H,1-4H3. The molecule has 86 valence electrons. The van der Waals surface area contributed by atoms with Crippen molar-refractivity contribution >= 4 is 32.9 Å². The third-order valence-electron chi connectivity index (χ3n) is 3.01. The lowest BCUT2D eigenvalue weighted by molar-refractivity contribution is 0.806. The molecule has 1 aromatic rings. The zero-order chi connectivity index (χ0) is 11.9. The molecule has 0 aromatic heterocycles. The first-order valence-corrected chi connectivity index (χ1v) is 6.75. The predicted octanol–water partition coefficient (Wildman–Crippen LogP) is 3.51. The van der Waals surface area contributed by atoms with Gasteiger partial charge in [-0.05, 0) is 39.8 Å². The van der Waals surface area contributed by atoms with E-state index in [1.807, 2.05) is 0 Å². The number of hydrogen-bond donors (Lipinski definition) is 0. The summed E-state index contributed by atoms with van der Waals surface area (Å²) in [7, 11) is 0. The molecular weight excluding hydrogens is 263 g/mol. The second-order valence-electron chi connectivity index (χ2n) is 4.80. The first-order valence-electron chi connectivity index (χ1n) is 5.83. The molecule has 0 unspecified atom stereocenters. The van der Waals surface area contributed by atoms with Crippen LogP contribution in [0.15, 0.2) is 24.3 Å². The molecule has 0 N–H and O–H groups in total. The number of nitrogens with zero attached hydrogens (tertiary/aromatic N) is 2. The summed E-state index contributed by atoms with van der Waals surface area (Å²) in [6.07, 6.45) is 0. The Labute approximate surface area is 107 Å². The number of anilines is 2. The Kier molecular flexibility index (Phi) is 3.20. The molecule has 0 aliphatic carbocycles. The van der Waals surface area contributed by atoms with E-state index in [9.17, 15) is 0 Å². The molecule has 2 rings (SSSR count). The van der Waals surface area contributed by atoms with Crippen molar-refractivity contribution in [3.05, 3.63) is 24.3 Å². The fraction of sp³-hybridized carbons (Fsp3) is 0.500. The fourth-order valence-electron chi connectivity index (χ4n) is 2.31. The molecule has 2 nitrogen and oxygen atoms in total. The highest BCUT2D eigenvalue weighted by atomic mass is 79.9. The van der Waals surface area contributed by atoms with Gasteiger partial charge in [0, 0.05) is 23.5 Å². The lowest BCUT2D eigenvalue weighted by Crippen LogP contribution is -2.49. The minimum atomic E-state index is 0.268. The fourth-order valence-corrected chi connectivity index (χ4v) is 3.70. The molecule has 16 heavy (non-hydrogen) atoms. The first-order chi connectivity index (χ1) is 7.54. The number of fused-ring (bicyclic) bond motifs is 1. The Bertz CT molecular complexity index is 346. The van der Waals surface area contributed by atoms with Crippen LogP contribution in [0.1, 0.15) is 27.7 Å². The molecule has 1 heterocycles. The van der Waals surface area contributed by atoms with Crippen molar-refractivity contribution in [1.82, 2.24) is 0 Å². The van der Waals surface area contributed by atoms with Crippen molar-refractivity contribution < 1.29 is 0 Å². The highest BCUT2D eigenvalue weighted by Crippen LogP contribution is 2.41. The maximum Gasteiger partial charge on any atom is 0.456 e. The summed E-state index contributed by atoms with van der Waals surface area (Å²) in [5.41, 5.74) is 2.65. The Morgan fingerprint density at radius 1 is 0.938 bits per heavy atom. The second kappa shape index (κ2) is 4.32. The van der Waals surface area contributed by atoms with Crippen LogP contribution in [0, 0.1) is 0 Å². The smallest absolute Gasteiger partial charge is 0.382 e. The number of rotatable bonds is 2. The molecule has 1 aromatic carbocycles. The predicted molar refractivity (Wildman–Crippen MR) is 76.4 cm³/mol. The quantitative estimate of drug-likeness (QED) is 0.765. The molecule has 0 saturated heterocycles. The summed E-state index contributed by atoms with van der Waals surface area (Å²) in [4.78, 5) is 4.82. The van der Waals surface area contributed by atoms with Crippen LogP contribution in [0.4, 0.5) is 11.4 Å². The van der Waals surface area contributed by atoms with Crippen molar-refractivity contribution in [3.8, 4) is 0 Å². The van der Waals surface area contributed by atoms with Crippen molar-refractivity contribution in [2.75, 3.05) is 9.62 Å². The van der Waals surface area contributed by atoms with Gasteiger partial charge in [-0.1, -0.05) is 27.9 Å². The van der Waals surface area contributed by atoms with Crippen LogP contribution in [-0.4, -0.2) is 17.9 Å². The Morgan fingerprint density at radius 3 is 1.62 bits per heavy atom. The number of para-hydroxylation sites is 2. The summed E-state index contributed by atoms with van der Waals surface area (Å²) in [5.74, 6) is 0.268. The van der Waals surface area contributed by atoms with E-state index in [0.29, 0.717) is 12.1 Å². The highest BCUT2D eigenvalue weighted by molar-refractivity contribution is 9.24. The monoisotopic (exact) mass is 280 g/mol. The summed E-state index contributed by atoms with van der Waals surface area (Å²) in [6.45, 7) is 8.92. The average molecular weight is 281 g/mol. The summed E-state index contributed by atoms with van der Waals surface area (Å²) >= 11 is 3.80. The molecule has 4 heteroatoms. The second-order valence-corrected chi connectivity index (χ2v) is 5.62. The summed E-state index contributed by atoms with van der Waals surface area (Å²) in [5, 5.41) is 0. The van der Waals surface area contributed by atoms with Crippen LogP contribution in [0.25, 0.3) is 0 Å². The molecule has 0 bridgehead atoms. The minimum Gasteiger partial charge on any atom is -0.382 e. The largest absolute Gasteiger partial charge is 0.456 e. The molecule has 0 amide bonds. The van der Waals surface area contributed by atoms with Crippen LogP contribution in [0.5, 0.6) is 0 Å². The van der Waals surface area contributed by atoms with Crippen LogP contribution in [-0.2, 0) is 0 Å². The van der Waals surface area contributed by atoms with E-state index in [1.54, 1.807) is 0 Å². The van der Waals surface area contributed by atoms with E-state index >= 15 is 0 Å². The number of benzene rings is 1. The zero-order valence-electron chi connectivity index (χ0n) is 10.3. The van der Waals surface area contributed by atoms with Gasteiger partial charge in [0.05, 0.1) is 0 Å². The zero-order valence-corrected chi connectivity index (χ0v) is 11.9. The van der Waals surface area contributed by atoms with E-state index in [0.717, 1.165) is 0 Å². The first kappa shape index (κ1) is 11.8. The summed E-state index contributed by atoms with van der Waals surface area (Å²) in [6, 6.07) is 9.61. The molecule has 0 spiro atoms. The minimum absolute atomic E-state index is 0.268.